The van der Waals surface area contributed by atoms with Crippen molar-refractivity contribution in [2.75, 3.05) is 26.7 Å². The fourth-order valence-electron chi connectivity index (χ4n) is 2.31. The standard InChI is InChI=1S/C14H20N2O4S/c1-11-5-6-12(20-2)13(9-11)21(18,19)15-10-14(17)16-7-3-4-8-16/h5-6,9,15H,3-4,7-8,10H2,1-2H3. The lowest BCUT2D eigenvalue weighted by atomic mass is 10.2. The zero-order valence-corrected chi connectivity index (χ0v) is 13.1. The number of nitrogens with one attached hydrogen (secondary N) is 1. The largest absolute Gasteiger partial charge is 0.495 e. The molecule has 116 valence electrons. The maximum Gasteiger partial charge on any atom is 0.244 e. The van der Waals surface area contributed by atoms with E-state index in [4.69, 9.17) is 4.74 Å². The fraction of sp³-hybridized carbons (Fsp3) is 0.500. The Morgan fingerprint density at radius 1 is 1.33 bits per heavy atom. The predicted octanol–water partition coefficient (Wildman–Crippen LogP) is 0.904. The highest BCUT2D eigenvalue weighted by molar-refractivity contribution is 7.89. The third-order valence-electron chi connectivity index (χ3n) is 3.48. The summed E-state index contributed by atoms with van der Waals surface area (Å²) >= 11 is 0. The second-order valence-corrected chi connectivity index (χ2v) is 6.80. The number of hydrogen-bond donors (Lipinski definition) is 1. The zero-order chi connectivity index (χ0) is 15.5. The van der Waals surface area contributed by atoms with Crippen LogP contribution in [0.25, 0.3) is 0 Å². The van der Waals surface area contributed by atoms with Gasteiger partial charge in [0, 0.05) is 13.1 Å². The van der Waals surface area contributed by atoms with Gasteiger partial charge in [0.2, 0.25) is 15.9 Å². The average Bonchev–Trinajstić information content (AvgIpc) is 2.99. The molecule has 0 saturated carbocycles. The number of carbonyl (C=O) groups is 1. The molecular weight excluding hydrogens is 292 g/mol. The van der Waals surface area contributed by atoms with E-state index in [9.17, 15) is 13.2 Å². The Morgan fingerprint density at radius 3 is 2.62 bits per heavy atom. The Morgan fingerprint density at radius 2 is 2.00 bits per heavy atom. The second-order valence-electron chi connectivity index (χ2n) is 5.07. The molecule has 0 radical (unpaired) electrons. The quantitative estimate of drug-likeness (QED) is 0.876. The minimum absolute atomic E-state index is 0.0548. The maximum absolute atomic E-state index is 12.3. The Kier molecular flexibility index (Phi) is 4.84. The van der Waals surface area contributed by atoms with E-state index < -0.39 is 10.0 Å². The molecule has 0 bridgehead atoms. The molecule has 7 heteroatoms. The predicted molar refractivity (Wildman–Crippen MR) is 78.7 cm³/mol. The van der Waals surface area contributed by atoms with Gasteiger partial charge >= 0.3 is 0 Å². The topological polar surface area (TPSA) is 75.7 Å². The monoisotopic (exact) mass is 312 g/mol. The maximum atomic E-state index is 12.3. The van der Waals surface area contributed by atoms with E-state index >= 15 is 0 Å². The van der Waals surface area contributed by atoms with E-state index in [0.717, 1.165) is 18.4 Å². The number of likely N-dealkylation sites (tertiary alicyclic amines) is 1. The lowest BCUT2D eigenvalue weighted by molar-refractivity contribution is -0.128. The summed E-state index contributed by atoms with van der Waals surface area (Å²) in [4.78, 5) is 13.6. The van der Waals surface area contributed by atoms with Crippen molar-refractivity contribution in [1.82, 2.24) is 9.62 Å². The normalized spacial score (nSPS) is 15.2. The van der Waals surface area contributed by atoms with Crippen LogP contribution >= 0.6 is 0 Å². The van der Waals surface area contributed by atoms with Crippen LogP contribution in [0.1, 0.15) is 18.4 Å². The molecule has 0 aromatic heterocycles. The van der Waals surface area contributed by atoms with Gasteiger partial charge in [-0.2, -0.15) is 0 Å². The highest BCUT2D eigenvalue weighted by atomic mass is 32.2. The summed E-state index contributed by atoms with van der Waals surface area (Å²) in [5, 5.41) is 0. The third kappa shape index (κ3) is 3.74. The third-order valence-corrected chi connectivity index (χ3v) is 4.90. The highest BCUT2D eigenvalue weighted by Crippen LogP contribution is 2.24. The Balaban J connectivity index is 2.11. The smallest absolute Gasteiger partial charge is 0.244 e. The number of carbonyl (C=O) groups excluding carboxylic acids is 1. The average molecular weight is 312 g/mol. The van der Waals surface area contributed by atoms with Gasteiger partial charge < -0.3 is 9.64 Å². The van der Waals surface area contributed by atoms with Gasteiger partial charge in [0.15, 0.2) is 0 Å². The molecule has 0 spiro atoms. The Bertz CT molecular complexity index is 622. The van der Waals surface area contributed by atoms with E-state index in [1.165, 1.54) is 13.2 Å². The molecule has 1 N–H and O–H groups in total. The first-order chi connectivity index (χ1) is 9.94. The van der Waals surface area contributed by atoms with Crippen LogP contribution in [-0.4, -0.2) is 46.0 Å². The van der Waals surface area contributed by atoms with Crippen molar-refractivity contribution in [3.05, 3.63) is 23.8 Å². The molecule has 1 saturated heterocycles. The summed E-state index contributed by atoms with van der Waals surface area (Å²) < 4.78 is 32.1. The molecule has 1 aliphatic rings. The molecule has 21 heavy (non-hydrogen) atoms. The lowest BCUT2D eigenvalue weighted by Crippen LogP contribution is -2.38. The first-order valence-corrected chi connectivity index (χ1v) is 8.34. The van der Waals surface area contributed by atoms with Crippen molar-refractivity contribution in [2.45, 2.75) is 24.7 Å². The van der Waals surface area contributed by atoms with Crippen LogP contribution in [0.5, 0.6) is 5.75 Å². The lowest BCUT2D eigenvalue weighted by Gasteiger charge is -2.16. The van der Waals surface area contributed by atoms with Crippen molar-refractivity contribution in [2.24, 2.45) is 0 Å². The Labute approximate surface area is 125 Å². The van der Waals surface area contributed by atoms with Crippen LogP contribution in [-0.2, 0) is 14.8 Å². The molecular formula is C14H20N2O4S. The van der Waals surface area contributed by atoms with E-state index in [0.29, 0.717) is 13.1 Å². The first-order valence-electron chi connectivity index (χ1n) is 6.86. The SMILES string of the molecule is COc1ccc(C)cc1S(=O)(=O)NCC(=O)N1CCCC1. The zero-order valence-electron chi connectivity index (χ0n) is 12.3. The second kappa shape index (κ2) is 6.44. The van der Waals surface area contributed by atoms with E-state index in [-0.39, 0.29) is 23.1 Å². The molecule has 6 nitrogen and oxygen atoms in total. The number of benzene rings is 1. The highest BCUT2D eigenvalue weighted by Gasteiger charge is 2.23. The van der Waals surface area contributed by atoms with Crippen molar-refractivity contribution in [3.63, 3.8) is 0 Å². The minimum Gasteiger partial charge on any atom is -0.495 e. The number of ether oxygens (including phenoxy) is 1. The fourth-order valence-corrected chi connectivity index (χ4v) is 3.53. The number of amides is 1. The molecule has 1 aromatic rings. The van der Waals surface area contributed by atoms with Gasteiger partial charge in [-0.25, -0.2) is 13.1 Å². The van der Waals surface area contributed by atoms with E-state index in [1.807, 2.05) is 0 Å². The number of aryl methyl sites for hydroxylation is 1. The Hall–Kier alpha value is -1.60. The van der Waals surface area contributed by atoms with Gasteiger partial charge in [0.05, 0.1) is 13.7 Å². The molecule has 1 aliphatic heterocycles. The summed E-state index contributed by atoms with van der Waals surface area (Å²) in [5.74, 6) is 0.0735. The van der Waals surface area contributed by atoms with Crippen LogP contribution < -0.4 is 9.46 Å². The summed E-state index contributed by atoms with van der Waals surface area (Å²) in [6.07, 6.45) is 1.95. The number of sulfonamides is 1. The molecule has 1 aromatic carbocycles. The van der Waals surface area contributed by atoms with Gasteiger partial charge in [0.1, 0.15) is 10.6 Å². The van der Waals surface area contributed by atoms with Gasteiger partial charge in [0.25, 0.3) is 0 Å². The van der Waals surface area contributed by atoms with Crippen molar-refractivity contribution in [3.8, 4) is 5.75 Å². The van der Waals surface area contributed by atoms with Crippen LogP contribution in [0.3, 0.4) is 0 Å². The van der Waals surface area contributed by atoms with Crippen LogP contribution in [0.15, 0.2) is 23.1 Å². The summed E-state index contributed by atoms with van der Waals surface area (Å²) in [6.45, 7) is 2.98. The summed E-state index contributed by atoms with van der Waals surface area (Å²) in [7, 11) is -2.36. The van der Waals surface area contributed by atoms with Crippen molar-refractivity contribution >= 4 is 15.9 Å². The van der Waals surface area contributed by atoms with Crippen LogP contribution in [0.4, 0.5) is 0 Å². The molecule has 1 heterocycles. The molecule has 1 fully saturated rings. The molecule has 1 amide bonds. The molecule has 0 aliphatic carbocycles. The number of rotatable bonds is 5. The first kappa shape index (κ1) is 15.8. The van der Waals surface area contributed by atoms with Crippen LogP contribution in [0, 0.1) is 6.92 Å². The molecule has 0 unspecified atom stereocenters. The summed E-state index contributed by atoms with van der Waals surface area (Å²) in [6, 6.07) is 4.90. The minimum atomic E-state index is -3.77. The summed E-state index contributed by atoms with van der Waals surface area (Å²) in [5.41, 5.74) is 0.807. The van der Waals surface area contributed by atoms with E-state index in [1.54, 1.807) is 24.0 Å². The van der Waals surface area contributed by atoms with Gasteiger partial charge in [-0.1, -0.05) is 6.07 Å². The van der Waals surface area contributed by atoms with Crippen molar-refractivity contribution < 1.29 is 17.9 Å². The molecule has 0 atom stereocenters. The van der Waals surface area contributed by atoms with Gasteiger partial charge in [-0.3, -0.25) is 4.79 Å². The van der Waals surface area contributed by atoms with Gasteiger partial charge in [-0.05, 0) is 37.5 Å². The number of nitrogens with zero attached hydrogens (tertiary/aromatic N) is 1. The van der Waals surface area contributed by atoms with E-state index in [2.05, 4.69) is 4.72 Å². The van der Waals surface area contributed by atoms with Crippen LogP contribution in [0.2, 0.25) is 0 Å². The van der Waals surface area contributed by atoms with Crippen molar-refractivity contribution in [1.29, 1.82) is 0 Å². The number of methoxy groups -OCH3 is 1. The molecule has 2 rings (SSSR count). The van der Waals surface area contributed by atoms with Gasteiger partial charge in [-0.15, -0.1) is 0 Å². The number of hydrogen-bond acceptors (Lipinski definition) is 4.